The Morgan fingerprint density at radius 1 is 1.21 bits per heavy atom. The molecule has 0 radical (unpaired) electrons. The Hall–Kier alpha value is -3.26. The summed E-state index contributed by atoms with van der Waals surface area (Å²) in [5.74, 6) is -0.148. The van der Waals surface area contributed by atoms with Crippen LogP contribution in [0.25, 0.3) is 11.3 Å². The van der Waals surface area contributed by atoms with Crippen molar-refractivity contribution in [1.82, 2.24) is 25.1 Å². The predicted octanol–water partition coefficient (Wildman–Crippen LogP) is 4.23. The molecule has 0 aliphatic carbocycles. The van der Waals surface area contributed by atoms with Crippen molar-refractivity contribution in [2.24, 2.45) is 7.05 Å². The third-order valence-electron chi connectivity index (χ3n) is 4.54. The van der Waals surface area contributed by atoms with E-state index in [0.29, 0.717) is 22.8 Å². The highest BCUT2D eigenvalue weighted by molar-refractivity contribution is 9.10. The van der Waals surface area contributed by atoms with Crippen LogP contribution in [0.1, 0.15) is 27.9 Å². The van der Waals surface area contributed by atoms with Crippen LogP contribution in [0.2, 0.25) is 0 Å². The molecule has 0 bridgehead atoms. The molecule has 2 aromatic heterocycles. The molecule has 0 spiro atoms. The normalized spacial score (nSPS) is 12.0. The number of benzene rings is 2. The molecular formula is C21H17BrFN5O. The fraction of sp³-hybridized carbons (Fsp3) is 0.0952. The van der Waals surface area contributed by atoms with E-state index in [1.165, 1.54) is 12.1 Å². The Morgan fingerprint density at radius 3 is 2.69 bits per heavy atom. The molecule has 2 aromatic carbocycles. The monoisotopic (exact) mass is 453 g/mol. The van der Waals surface area contributed by atoms with Crippen LogP contribution in [0.5, 0.6) is 0 Å². The molecule has 0 unspecified atom stereocenters. The molecule has 146 valence electrons. The van der Waals surface area contributed by atoms with E-state index in [4.69, 9.17) is 0 Å². The van der Waals surface area contributed by atoms with Crippen LogP contribution in [0.4, 0.5) is 4.39 Å². The molecule has 0 saturated carbocycles. The zero-order valence-electron chi connectivity index (χ0n) is 15.4. The van der Waals surface area contributed by atoms with Gasteiger partial charge in [0.25, 0.3) is 5.91 Å². The Morgan fingerprint density at radius 2 is 2.00 bits per heavy atom. The highest BCUT2D eigenvalue weighted by Gasteiger charge is 2.23. The summed E-state index contributed by atoms with van der Waals surface area (Å²) in [5.41, 5.74) is 2.44. The first kappa shape index (κ1) is 19.1. The van der Waals surface area contributed by atoms with Crippen LogP contribution in [0.15, 0.2) is 71.5 Å². The average molecular weight is 454 g/mol. The number of carbonyl (C=O) groups excluding carboxylic acids is 1. The maximum atomic E-state index is 13.8. The second kappa shape index (κ2) is 8.00. The van der Waals surface area contributed by atoms with Gasteiger partial charge in [-0.05, 0) is 35.9 Å². The van der Waals surface area contributed by atoms with Gasteiger partial charge in [0.15, 0.2) is 0 Å². The van der Waals surface area contributed by atoms with Crippen LogP contribution in [-0.4, -0.2) is 25.7 Å². The predicted molar refractivity (Wildman–Crippen MR) is 111 cm³/mol. The molecule has 0 fully saturated rings. The summed E-state index contributed by atoms with van der Waals surface area (Å²) < 4.78 is 16.5. The minimum absolute atomic E-state index is 0.304. The van der Waals surface area contributed by atoms with Gasteiger partial charge < -0.3 is 9.88 Å². The molecule has 2 N–H and O–H groups in total. The number of amides is 1. The summed E-state index contributed by atoms with van der Waals surface area (Å²) in [7, 11) is 1.82. The highest BCUT2D eigenvalue weighted by Crippen LogP contribution is 2.23. The van der Waals surface area contributed by atoms with Gasteiger partial charge in [-0.25, -0.2) is 9.37 Å². The number of aromatic nitrogens is 4. The minimum atomic E-state index is -0.613. The topological polar surface area (TPSA) is 75.6 Å². The first-order chi connectivity index (χ1) is 14.0. The molecular weight excluding hydrogens is 437 g/mol. The van der Waals surface area contributed by atoms with Gasteiger partial charge in [-0.1, -0.05) is 40.2 Å². The standard InChI is InChI=1S/C21H17BrFN5O/c1-28-10-9-24-20(28)19(14-3-2-4-16(23)11-14)25-21(29)18-12-17(26-27-18)13-5-7-15(22)8-6-13/h2-12,19H,1H3,(H,25,29)(H,26,27)/t19-/m0/s1. The number of aromatic amines is 1. The van der Waals surface area contributed by atoms with Crippen molar-refractivity contribution in [1.29, 1.82) is 0 Å². The van der Waals surface area contributed by atoms with Crippen molar-refractivity contribution < 1.29 is 9.18 Å². The van der Waals surface area contributed by atoms with E-state index in [1.807, 2.05) is 31.3 Å². The summed E-state index contributed by atoms with van der Waals surface area (Å²) in [6, 6.07) is 14.8. The molecule has 1 atom stereocenters. The lowest BCUT2D eigenvalue weighted by atomic mass is 10.1. The Bertz CT molecular complexity index is 1150. The fourth-order valence-electron chi connectivity index (χ4n) is 3.05. The summed E-state index contributed by atoms with van der Waals surface area (Å²) in [6.45, 7) is 0. The van der Waals surface area contributed by atoms with Crippen LogP contribution in [0.3, 0.4) is 0 Å². The van der Waals surface area contributed by atoms with E-state index in [-0.39, 0.29) is 11.7 Å². The maximum absolute atomic E-state index is 13.8. The summed E-state index contributed by atoms with van der Waals surface area (Å²) >= 11 is 3.40. The van der Waals surface area contributed by atoms with Crippen molar-refractivity contribution >= 4 is 21.8 Å². The number of nitrogens with one attached hydrogen (secondary N) is 2. The number of nitrogens with zero attached hydrogens (tertiary/aromatic N) is 3. The number of hydrogen-bond donors (Lipinski definition) is 2. The molecule has 0 saturated heterocycles. The van der Waals surface area contributed by atoms with Crippen LogP contribution >= 0.6 is 15.9 Å². The molecule has 6 nitrogen and oxygen atoms in total. The van der Waals surface area contributed by atoms with Crippen LogP contribution in [0, 0.1) is 5.82 Å². The van der Waals surface area contributed by atoms with Crippen molar-refractivity contribution in [2.45, 2.75) is 6.04 Å². The molecule has 4 rings (SSSR count). The molecule has 0 aliphatic rings. The first-order valence-corrected chi connectivity index (χ1v) is 9.65. The molecule has 29 heavy (non-hydrogen) atoms. The second-order valence-electron chi connectivity index (χ2n) is 6.53. The lowest BCUT2D eigenvalue weighted by Gasteiger charge is -2.18. The number of H-pyrrole nitrogens is 1. The Balaban J connectivity index is 1.62. The van der Waals surface area contributed by atoms with Crippen molar-refractivity contribution in [3.63, 3.8) is 0 Å². The number of halogens is 2. The number of carbonyl (C=O) groups is 1. The molecule has 8 heteroatoms. The van der Waals surface area contributed by atoms with Gasteiger partial charge in [0.1, 0.15) is 23.4 Å². The van der Waals surface area contributed by atoms with E-state index < -0.39 is 6.04 Å². The lowest BCUT2D eigenvalue weighted by molar-refractivity contribution is 0.0936. The molecule has 1 amide bonds. The van der Waals surface area contributed by atoms with E-state index in [0.717, 1.165) is 10.0 Å². The van der Waals surface area contributed by atoms with Gasteiger partial charge in [0.2, 0.25) is 0 Å². The number of aryl methyl sites for hydroxylation is 1. The zero-order valence-corrected chi connectivity index (χ0v) is 17.0. The van der Waals surface area contributed by atoms with Gasteiger partial charge in [-0.3, -0.25) is 9.89 Å². The Kier molecular flexibility index (Phi) is 5.26. The van der Waals surface area contributed by atoms with Crippen molar-refractivity contribution in [3.8, 4) is 11.3 Å². The number of hydrogen-bond acceptors (Lipinski definition) is 3. The summed E-state index contributed by atoms with van der Waals surface area (Å²) in [4.78, 5) is 17.2. The fourth-order valence-corrected chi connectivity index (χ4v) is 3.32. The van der Waals surface area contributed by atoms with Gasteiger partial charge in [0, 0.05) is 29.5 Å². The van der Waals surface area contributed by atoms with E-state index >= 15 is 0 Å². The third kappa shape index (κ3) is 4.12. The third-order valence-corrected chi connectivity index (χ3v) is 5.07. The quantitative estimate of drug-likeness (QED) is 0.474. The largest absolute Gasteiger partial charge is 0.337 e. The lowest BCUT2D eigenvalue weighted by Crippen LogP contribution is -2.31. The first-order valence-electron chi connectivity index (χ1n) is 8.86. The maximum Gasteiger partial charge on any atom is 0.270 e. The molecule has 0 aliphatic heterocycles. The molecule has 2 heterocycles. The summed E-state index contributed by atoms with van der Waals surface area (Å²) in [5, 5.41) is 9.93. The average Bonchev–Trinajstić information content (AvgIpc) is 3.36. The van der Waals surface area contributed by atoms with Crippen LogP contribution in [-0.2, 0) is 7.05 Å². The van der Waals surface area contributed by atoms with Crippen molar-refractivity contribution in [2.75, 3.05) is 0 Å². The zero-order chi connectivity index (χ0) is 20.4. The number of rotatable bonds is 5. The van der Waals surface area contributed by atoms with E-state index in [9.17, 15) is 9.18 Å². The SMILES string of the molecule is Cn1ccnc1[C@@H](NC(=O)c1cc(-c2ccc(Br)cc2)n[nH]1)c1cccc(F)c1. The van der Waals surface area contributed by atoms with Gasteiger partial charge in [-0.15, -0.1) is 0 Å². The van der Waals surface area contributed by atoms with Gasteiger partial charge in [-0.2, -0.15) is 5.10 Å². The minimum Gasteiger partial charge on any atom is -0.337 e. The highest BCUT2D eigenvalue weighted by atomic mass is 79.9. The molecule has 4 aromatic rings. The smallest absolute Gasteiger partial charge is 0.270 e. The van der Waals surface area contributed by atoms with Gasteiger partial charge >= 0.3 is 0 Å². The van der Waals surface area contributed by atoms with Crippen molar-refractivity contribution in [3.05, 3.63) is 94.4 Å². The Labute approximate surface area is 174 Å². The number of imidazole rings is 1. The van der Waals surface area contributed by atoms with E-state index in [1.54, 1.807) is 35.2 Å². The van der Waals surface area contributed by atoms with Crippen LogP contribution < -0.4 is 5.32 Å². The second-order valence-corrected chi connectivity index (χ2v) is 7.45. The summed E-state index contributed by atoms with van der Waals surface area (Å²) in [6.07, 6.45) is 3.41. The van der Waals surface area contributed by atoms with Gasteiger partial charge in [0.05, 0.1) is 5.69 Å². The van der Waals surface area contributed by atoms with E-state index in [2.05, 4.69) is 36.4 Å².